The van der Waals surface area contributed by atoms with Gasteiger partial charge in [0, 0.05) is 30.7 Å². The van der Waals surface area contributed by atoms with Crippen molar-refractivity contribution in [2.75, 3.05) is 32.5 Å². The van der Waals surface area contributed by atoms with Crippen molar-refractivity contribution < 1.29 is 44.5 Å². The van der Waals surface area contributed by atoms with Crippen LogP contribution in [0.4, 0.5) is 5.82 Å². The first-order chi connectivity index (χ1) is 22.3. The molecule has 0 radical (unpaired) electrons. The van der Waals surface area contributed by atoms with Crippen LogP contribution in [0.1, 0.15) is 74.7 Å². The Morgan fingerprint density at radius 1 is 1.10 bits per heavy atom. The average molecular weight is 683 g/mol. The minimum atomic E-state index is -1.94. The minimum absolute atomic E-state index is 0.175. The monoisotopic (exact) mass is 682 g/mol. The summed E-state index contributed by atoms with van der Waals surface area (Å²) in [6, 6.07) is 4.39. The number of hydrogen-bond donors (Lipinski definition) is 7. The van der Waals surface area contributed by atoms with E-state index in [9.17, 15) is 30.3 Å². The fourth-order valence-electron chi connectivity index (χ4n) is 7.42. The van der Waals surface area contributed by atoms with Crippen molar-refractivity contribution in [2.45, 2.75) is 140 Å². The second kappa shape index (κ2) is 16.4. The molecule has 1 unspecified atom stereocenters. The highest BCUT2D eigenvalue weighted by Crippen LogP contribution is 2.40. The van der Waals surface area contributed by atoms with E-state index in [1.165, 1.54) is 13.8 Å². The molecule has 0 saturated carbocycles. The molecule has 2 aliphatic heterocycles. The zero-order chi connectivity index (χ0) is 36.2. The number of anilines is 1. The van der Waals surface area contributed by atoms with Gasteiger partial charge in [0.1, 0.15) is 35.3 Å². The Morgan fingerprint density at radius 3 is 2.35 bits per heavy atom. The number of aliphatic hydroxyl groups is 5. The number of cyclic esters (lactones) is 1. The van der Waals surface area contributed by atoms with Crippen molar-refractivity contribution in [1.82, 2.24) is 15.2 Å². The standard InChI is InChI=1S/C35H62N4O9/c1-11-26-34(8,44)29(41)24(6)37-18-20(2)17-33(7,43)30(48-32-28(40)25(39(9)10)16-21(3)46-32)22(4)35(45,23(5)31(42)47-26)19-38-27-14-12-13-15-36-27/h12-15,20-26,28-30,32,37,40-41,43-45H,11,16-19H2,1-10H3,(H,36,38)/t20-,21-,22-,23?,24-,25+,26-,28-,29-,30-,32+,33+,34-,35-/m1/s1. The fourth-order valence-corrected chi connectivity index (χ4v) is 7.42. The van der Waals surface area contributed by atoms with Gasteiger partial charge in [0.05, 0.1) is 23.7 Å². The number of aromatic nitrogens is 1. The summed E-state index contributed by atoms with van der Waals surface area (Å²) in [7, 11) is 3.74. The maximum absolute atomic E-state index is 14.0. The summed E-state index contributed by atoms with van der Waals surface area (Å²) in [4.78, 5) is 20.2. The lowest BCUT2D eigenvalue weighted by Gasteiger charge is -2.49. The van der Waals surface area contributed by atoms with Gasteiger partial charge in [-0.15, -0.1) is 0 Å². The molecule has 1 aromatic heterocycles. The van der Waals surface area contributed by atoms with Gasteiger partial charge in [0.2, 0.25) is 0 Å². The highest BCUT2D eigenvalue weighted by atomic mass is 16.7. The maximum Gasteiger partial charge on any atom is 0.312 e. The molecule has 0 amide bonds. The summed E-state index contributed by atoms with van der Waals surface area (Å²) in [6.07, 6.45) is -3.47. The number of aliphatic hydroxyl groups excluding tert-OH is 2. The number of nitrogens with one attached hydrogen (secondary N) is 2. The molecule has 1 aromatic rings. The molecule has 13 heteroatoms. The van der Waals surface area contributed by atoms with Crippen LogP contribution in [0.5, 0.6) is 0 Å². The second-order valence-corrected chi connectivity index (χ2v) is 15.1. The van der Waals surface area contributed by atoms with Crippen LogP contribution in [0.25, 0.3) is 0 Å². The van der Waals surface area contributed by atoms with E-state index in [1.807, 2.05) is 32.8 Å². The lowest BCUT2D eigenvalue weighted by molar-refractivity contribution is -0.303. The number of carbonyl (C=O) groups is 1. The van der Waals surface area contributed by atoms with Crippen LogP contribution in [0.2, 0.25) is 0 Å². The molecule has 48 heavy (non-hydrogen) atoms. The molecule has 3 rings (SSSR count). The molecule has 7 N–H and O–H groups in total. The molecule has 2 aliphatic rings. The quantitative estimate of drug-likeness (QED) is 0.206. The molecule has 0 spiro atoms. The van der Waals surface area contributed by atoms with E-state index < -0.39 is 71.4 Å². The van der Waals surface area contributed by atoms with E-state index >= 15 is 0 Å². The highest BCUT2D eigenvalue weighted by Gasteiger charge is 2.55. The SMILES string of the molecule is CC[C@H]1OC(=O)C(C)[C@@](O)(CNc2ccccn2)[C@H](C)[C@@H](O[C@@H]2O[C@H](C)C[C@H](N(C)C)[C@H]2O)[C@@](C)(O)C[C@@H](C)CN[C@H](C)[C@@H](O)[C@]1(C)O. The van der Waals surface area contributed by atoms with Gasteiger partial charge in [-0.1, -0.05) is 26.8 Å². The van der Waals surface area contributed by atoms with Crippen molar-refractivity contribution in [3.63, 3.8) is 0 Å². The third-order valence-corrected chi connectivity index (χ3v) is 10.6. The van der Waals surface area contributed by atoms with Crippen LogP contribution >= 0.6 is 0 Å². The summed E-state index contributed by atoms with van der Waals surface area (Å²) in [5.41, 5.74) is -5.37. The first-order valence-corrected chi connectivity index (χ1v) is 17.4. The van der Waals surface area contributed by atoms with Gasteiger partial charge in [-0.2, -0.15) is 0 Å². The molecule has 3 heterocycles. The molecule has 14 atom stereocenters. The van der Waals surface area contributed by atoms with Gasteiger partial charge >= 0.3 is 5.97 Å². The Balaban J connectivity index is 2.15. The Labute approximate surface area is 286 Å². The van der Waals surface area contributed by atoms with Gasteiger partial charge in [0.15, 0.2) is 6.29 Å². The van der Waals surface area contributed by atoms with E-state index in [0.717, 1.165) is 0 Å². The molecule has 13 nitrogen and oxygen atoms in total. The van der Waals surface area contributed by atoms with Crippen molar-refractivity contribution in [2.24, 2.45) is 17.8 Å². The lowest BCUT2D eigenvalue weighted by atomic mass is 9.70. The van der Waals surface area contributed by atoms with Crippen molar-refractivity contribution >= 4 is 11.8 Å². The first-order valence-electron chi connectivity index (χ1n) is 17.4. The number of esters is 1. The van der Waals surface area contributed by atoms with Crippen molar-refractivity contribution in [3.05, 3.63) is 24.4 Å². The van der Waals surface area contributed by atoms with Gasteiger partial charge in [-0.3, -0.25) is 4.79 Å². The predicted octanol–water partition coefficient (Wildman–Crippen LogP) is 1.51. The smallest absolute Gasteiger partial charge is 0.312 e. The van der Waals surface area contributed by atoms with Gasteiger partial charge in [0.25, 0.3) is 0 Å². The van der Waals surface area contributed by atoms with Gasteiger partial charge in [-0.05, 0) is 92.6 Å². The Morgan fingerprint density at radius 2 is 1.77 bits per heavy atom. The van der Waals surface area contributed by atoms with Crippen molar-refractivity contribution in [3.8, 4) is 0 Å². The average Bonchev–Trinajstić information content (AvgIpc) is 3.03. The van der Waals surface area contributed by atoms with Crippen LogP contribution in [0.3, 0.4) is 0 Å². The number of rotatable bonds is 7. The number of likely N-dealkylation sites (N-methyl/N-ethyl adjacent to an activating group) is 1. The third kappa shape index (κ3) is 9.23. The Hall–Kier alpha value is -1.94. The number of ether oxygens (including phenoxy) is 3. The van der Waals surface area contributed by atoms with Crippen LogP contribution in [-0.2, 0) is 19.0 Å². The molecular weight excluding hydrogens is 620 g/mol. The highest BCUT2D eigenvalue weighted by molar-refractivity contribution is 5.74. The summed E-state index contributed by atoms with van der Waals surface area (Å²) in [5.74, 6) is -2.71. The van der Waals surface area contributed by atoms with Gasteiger partial charge < -0.3 is 55.3 Å². The number of nitrogens with zero attached hydrogens (tertiary/aromatic N) is 2. The second-order valence-electron chi connectivity index (χ2n) is 15.1. The summed E-state index contributed by atoms with van der Waals surface area (Å²) in [5, 5.41) is 65.6. The molecular formula is C35H62N4O9. The van der Waals surface area contributed by atoms with E-state index in [2.05, 4.69) is 15.6 Å². The van der Waals surface area contributed by atoms with Crippen LogP contribution in [-0.4, -0.2) is 134 Å². The fraction of sp³-hybridized carbons (Fsp3) is 0.829. The topological polar surface area (TPSA) is 186 Å². The minimum Gasteiger partial charge on any atom is -0.459 e. The van der Waals surface area contributed by atoms with E-state index in [0.29, 0.717) is 18.8 Å². The van der Waals surface area contributed by atoms with Gasteiger partial charge in [-0.25, -0.2) is 4.98 Å². The zero-order valence-electron chi connectivity index (χ0n) is 30.5. The predicted molar refractivity (Wildman–Crippen MR) is 182 cm³/mol. The Bertz CT molecular complexity index is 1160. The maximum atomic E-state index is 14.0. The molecule has 0 aliphatic carbocycles. The van der Waals surface area contributed by atoms with E-state index in [4.69, 9.17) is 14.2 Å². The summed E-state index contributed by atoms with van der Waals surface area (Å²) < 4.78 is 18.6. The normalized spacial score (nSPS) is 44.0. The van der Waals surface area contributed by atoms with Crippen molar-refractivity contribution in [1.29, 1.82) is 0 Å². The van der Waals surface area contributed by atoms with Crippen LogP contribution in [0, 0.1) is 17.8 Å². The van der Waals surface area contributed by atoms with Crippen LogP contribution in [0.15, 0.2) is 24.4 Å². The molecule has 2 saturated heterocycles. The van der Waals surface area contributed by atoms with E-state index in [1.54, 1.807) is 52.1 Å². The number of carbonyl (C=O) groups excluding carboxylic acids is 1. The van der Waals surface area contributed by atoms with E-state index in [-0.39, 0.29) is 37.5 Å². The Kier molecular flexibility index (Phi) is 13.8. The molecule has 2 fully saturated rings. The molecule has 0 aromatic carbocycles. The lowest BCUT2D eigenvalue weighted by Crippen LogP contribution is -2.63. The largest absolute Gasteiger partial charge is 0.459 e. The molecule has 276 valence electrons. The number of hydrogen-bond acceptors (Lipinski definition) is 13. The third-order valence-electron chi connectivity index (χ3n) is 10.6. The molecule has 0 bridgehead atoms. The first kappa shape index (κ1) is 40.5. The zero-order valence-corrected chi connectivity index (χ0v) is 30.5. The van der Waals surface area contributed by atoms with Crippen LogP contribution < -0.4 is 10.6 Å². The number of pyridine rings is 1. The summed E-state index contributed by atoms with van der Waals surface area (Å²) in [6.45, 7) is 13.8. The summed E-state index contributed by atoms with van der Waals surface area (Å²) >= 11 is 0.